The molecule has 0 spiro atoms. The lowest BCUT2D eigenvalue weighted by Crippen LogP contribution is -2.25. The molecule has 0 bridgehead atoms. The van der Waals surface area contributed by atoms with Crippen LogP contribution in [0.1, 0.15) is 5.56 Å². The van der Waals surface area contributed by atoms with Gasteiger partial charge in [-0.2, -0.15) is 5.10 Å². The van der Waals surface area contributed by atoms with Crippen molar-refractivity contribution in [1.29, 1.82) is 0 Å². The summed E-state index contributed by atoms with van der Waals surface area (Å²) in [5.74, 6) is 2.26. The predicted molar refractivity (Wildman–Crippen MR) is 99.1 cm³/mol. The highest BCUT2D eigenvalue weighted by Crippen LogP contribution is 2.21. The van der Waals surface area contributed by atoms with E-state index in [9.17, 15) is 9.18 Å². The molecule has 0 saturated carbocycles. The van der Waals surface area contributed by atoms with Crippen LogP contribution in [0.2, 0.25) is 0 Å². The van der Waals surface area contributed by atoms with E-state index in [-0.39, 0.29) is 24.9 Å². The zero-order valence-electron chi connectivity index (χ0n) is 13.1. The first-order valence-electron chi connectivity index (χ1n) is 7.25. The summed E-state index contributed by atoms with van der Waals surface area (Å²) < 4.78 is 19.1. The van der Waals surface area contributed by atoms with Crippen LogP contribution in [0.25, 0.3) is 0 Å². The summed E-state index contributed by atoms with van der Waals surface area (Å²) in [6, 6.07) is 11.1. The number of amides is 1. The van der Waals surface area contributed by atoms with Crippen molar-refractivity contribution in [1.82, 2.24) is 5.43 Å². The maximum atomic E-state index is 12.8. The van der Waals surface area contributed by atoms with E-state index < -0.39 is 0 Å². The number of terminal acetylenes is 1. The molecule has 2 aromatic carbocycles. The lowest BCUT2D eigenvalue weighted by atomic mass is 10.2. The Morgan fingerprint density at radius 1 is 1.32 bits per heavy atom. The first-order chi connectivity index (χ1) is 12.1. The normalized spacial score (nSPS) is 10.3. The summed E-state index contributed by atoms with van der Waals surface area (Å²) >= 11 is 3.36. The standard InChI is InChI=1S/C18H15BrFN3O2/c1-2-9-25-17-8-3-14(19)10-13(17)11-22-23-18(24)12-21-16-6-4-15(20)5-7-16/h1,3-8,10-11,21H,9,12H2,(H,23,24)/b22-11-. The molecule has 0 aromatic heterocycles. The number of hydrazone groups is 1. The second kappa shape index (κ2) is 9.45. The fourth-order valence-electron chi connectivity index (χ4n) is 1.83. The molecule has 5 nitrogen and oxygen atoms in total. The first-order valence-corrected chi connectivity index (χ1v) is 8.05. The second-order valence-electron chi connectivity index (χ2n) is 4.83. The minimum atomic E-state index is -0.346. The lowest BCUT2D eigenvalue weighted by Gasteiger charge is -2.07. The highest BCUT2D eigenvalue weighted by molar-refractivity contribution is 9.10. The maximum absolute atomic E-state index is 12.8. The van der Waals surface area contributed by atoms with E-state index in [2.05, 4.69) is 37.7 Å². The van der Waals surface area contributed by atoms with Crippen molar-refractivity contribution in [3.05, 3.63) is 58.3 Å². The Bertz CT molecular complexity index is 801. The molecule has 0 radical (unpaired) electrons. The van der Waals surface area contributed by atoms with E-state index in [4.69, 9.17) is 11.2 Å². The molecule has 0 atom stereocenters. The van der Waals surface area contributed by atoms with Crippen molar-refractivity contribution < 1.29 is 13.9 Å². The molecule has 0 saturated heterocycles. The number of hydrogen-bond donors (Lipinski definition) is 2. The van der Waals surface area contributed by atoms with Crippen molar-refractivity contribution >= 4 is 33.7 Å². The van der Waals surface area contributed by atoms with Crippen LogP contribution in [0.4, 0.5) is 10.1 Å². The first kappa shape index (κ1) is 18.5. The van der Waals surface area contributed by atoms with E-state index >= 15 is 0 Å². The molecule has 0 aliphatic rings. The average molecular weight is 404 g/mol. The molecule has 7 heteroatoms. The van der Waals surface area contributed by atoms with Gasteiger partial charge in [0.05, 0.1) is 12.8 Å². The SMILES string of the molecule is C#CCOc1ccc(Br)cc1/C=N\NC(=O)CNc1ccc(F)cc1. The number of carbonyl (C=O) groups is 1. The third kappa shape index (κ3) is 6.28. The van der Waals surface area contributed by atoms with E-state index in [1.165, 1.54) is 18.3 Å². The second-order valence-corrected chi connectivity index (χ2v) is 5.74. The van der Waals surface area contributed by atoms with Gasteiger partial charge in [0, 0.05) is 15.7 Å². The average Bonchev–Trinajstić information content (AvgIpc) is 2.60. The van der Waals surface area contributed by atoms with Crippen molar-refractivity contribution in [2.75, 3.05) is 18.5 Å². The van der Waals surface area contributed by atoms with E-state index in [1.807, 2.05) is 6.07 Å². The molecular weight excluding hydrogens is 389 g/mol. The van der Waals surface area contributed by atoms with Gasteiger partial charge in [-0.25, -0.2) is 9.82 Å². The monoisotopic (exact) mass is 403 g/mol. The van der Waals surface area contributed by atoms with Crippen molar-refractivity contribution in [2.45, 2.75) is 0 Å². The van der Waals surface area contributed by atoms with Gasteiger partial charge in [0.2, 0.25) is 0 Å². The number of hydrogen-bond acceptors (Lipinski definition) is 4. The number of ether oxygens (including phenoxy) is 1. The van der Waals surface area contributed by atoms with Gasteiger partial charge in [0.25, 0.3) is 5.91 Å². The molecule has 1 amide bonds. The highest BCUT2D eigenvalue weighted by atomic mass is 79.9. The van der Waals surface area contributed by atoms with Crippen LogP contribution in [0.3, 0.4) is 0 Å². The van der Waals surface area contributed by atoms with E-state index in [0.29, 0.717) is 17.0 Å². The van der Waals surface area contributed by atoms with Crippen molar-refractivity contribution in [3.63, 3.8) is 0 Å². The smallest absolute Gasteiger partial charge is 0.259 e. The van der Waals surface area contributed by atoms with Crippen LogP contribution in [-0.4, -0.2) is 25.3 Å². The Labute approximate surface area is 153 Å². The summed E-state index contributed by atoms with van der Waals surface area (Å²) in [4.78, 5) is 11.8. The maximum Gasteiger partial charge on any atom is 0.259 e. The molecule has 2 aromatic rings. The van der Waals surface area contributed by atoms with Gasteiger partial charge in [-0.15, -0.1) is 6.42 Å². The molecule has 0 aliphatic heterocycles. The lowest BCUT2D eigenvalue weighted by molar-refractivity contribution is -0.119. The molecule has 0 aliphatic carbocycles. The molecule has 2 N–H and O–H groups in total. The molecule has 128 valence electrons. The van der Waals surface area contributed by atoms with Gasteiger partial charge in [0.15, 0.2) is 0 Å². The quantitative estimate of drug-likeness (QED) is 0.424. The summed E-state index contributed by atoms with van der Waals surface area (Å²) in [5.41, 5.74) is 3.70. The van der Waals surface area contributed by atoms with Gasteiger partial charge in [-0.05, 0) is 42.5 Å². The topological polar surface area (TPSA) is 62.7 Å². The van der Waals surface area contributed by atoms with Gasteiger partial charge >= 0.3 is 0 Å². The number of rotatable bonds is 7. The Balaban J connectivity index is 1.89. The van der Waals surface area contributed by atoms with Gasteiger partial charge < -0.3 is 10.1 Å². The molecule has 0 heterocycles. The Morgan fingerprint density at radius 3 is 2.80 bits per heavy atom. The molecule has 2 rings (SSSR count). The fraction of sp³-hybridized carbons (Fsp3) is 0.111. The van der Waals surface area contributed by atoms with Gasteiger partial charge in [0.1, 0.15) is 18.2 Å². The van der Waals surface area contributed by atoms with Gasteiger partial charge in [-0.1, -0.05) is 21.9 Å². The Kier molecular flexibility index (Phi) is 6.99. The minimum absolute atomic E-state index is 0.00189. The summed E-state index contributed by atoms with van der Waals surface area (Å²) in [6.45, 7) is 0.137. The van der Waals surface area contributed by atoms with Crippen LogP contribution >= 0.6 is 15.9 Å². The number of nitrogens with zero attached hydrogens (tertiary/aromatic N) is 1. The molecule has 25 heavy (non-hydrogen) atoms. The van der Waals surface area contributed by atoms with E-state index in [1.54, 1.807) is 24.3 Å². The van der Waals surface area contributed by atoms with Crippen LogP contribution in [0.15, 0.2) is 52.0 Å². The number of halogens is 2. The Morgan fingerprint density at radius 2 is 2.08 bits per heavy atom. The zero-order valence-corrected chi connectivity index (χ0v) is 14.7. The molecule has 0 unspecified atom stereocenters. The molecular formula is C18H15BrFN3O2. The number of anilines is 1. The summed E-state index contributed by atoms with van der Waals surface area (Å²) in [6.07, 6.45) is 6.65. The number of carbonyl (C=O) groups excluding carboxylic acids is 1. The summed E-state index contributed by atoms with van der Waals surface area (Å²) in [5, 5.41) is 6.76. The predicted octanol–water partition coefficient (Wildman–Crippen LogP) is 3.16. The third-order valence-corrected chi connectivity index (χ3v) is 3.47. The Hall–Kier alpha value is -2.85. The van der Waals surface area contributed by atoms with Crippen molar-refractivity contribution in [3.8, 4) is 18.1 Å². The molecule has 0 fully saturated rings. The van der Waals surface area contributed by atoms with E-state index in [0.717, 1.165) is 4.47 Å². The fourth-order valence-corrected chi connectivity index (χ4v) is 2.21. The van der Waals surface area contributed by atoms with Crippen LogP contribution < -0.4 is 15.5 Å². The summed E-state index contributed by atoms with van der Waals surface area (Å²) in [7, 11) is 0. The highest BCUT2D eigenvalue weighted by Gasteiger charge is 2.03. The van der Waals surface area contributed by atoms with Crippen LogP contribution in [0, 0.1) is 18.2 Å². The zero-order chi connectivity index (χ0) is 18.1. The van der Waals surface area contributed by atoms with Crippen molar-refractivity contribution in [2.24, 2.45) is 5.10 Å². The van der Waals surface area contributed by atoms with Crippen LogP contribution in [0.5, 0.6) is 5.75 Å². The minimum Gasteiger partial charge on any atom is -0.480 e. The van der Waals surface area contributed by atoms with Crippen LogP contribution in [-0.2, 0) is 4.79 Å². The third-order valence-electron chi connectivity index (χ3n) is 2.97. The van der Waals surface area contributed by atoms with Gasteiger partial charge in [-0.3, -0.25) is 4.79 Å². The largest absolute Gasteiger partial charge is 0.480 e. The number of nitrogens with one attached hydrogen (secondary N) is 2. The number of benzene rings is 2.